The van der Waals surface area contributed by atoms with E-state index in [9.17, 15) is 4.79 Å². The Labute approximate surface area is 118 Å². The summed E-state index contributed by atoms with van der Waals surface area (Å²) in [6.45, 7) is 3.40. The van der Waals surface area contributed by atoms with Crippen LogP contribution < -0.4 is 10.1 Å². The zero-order valence-electron chi connectivity index (χ0n) is 12.4. The summed E-state index contributed by atoms with van der Waals surface area (Å²) in [4.78, 5) is 17.4. The minimum absolute atomic E-state index is 0.0699. The standard InChI is InChI=1S/C15H21N3O2/c1-10-12-6-5-11(20-4)9-13(12)17-14(10)15(19)16-7-8-18(2)3/h5-6,9,17H,7-8H2,1-4H3,(H,16,19). The summed E-state index contributed by atoms with van der Waals surface area (Å²) in [7, 11) is 5.59. The number of ether oxygens (including phenoxy) is 1. The van der Waals surface area contributed by atoms with Crippen LogP contribution in [0.2, 0.25) is 0 Å². The second kappa shape index (κ2) is 5.96. The first kappa shape index (κ1) is 14.4. The van der Waals surface area contributed by atoms with Gasteiger partial charge in [-0.1, -0.05) is 0 Å². The van der Waals surface area contributed by atoms with E-state index in [1.807, 2.05) is 44.1 Å². The van der Waals surface area contributed by atoms with Crippen LogP contribution in [0.5, 0.6) is 5.75 Å². The molecule has 0 fully saturated rings. The number of methoxy groups -OCH3 is 1. The van der Waals surface area contributed by atoms with Gasteiger partial charge in [-0.15, -0.1) is 0 Å². The molecule has 108 valence electrons. The molecule has 0 spiro atoms. The highest BCUT2D eigenvalue weighted by Gasteiger charge is 2.14. The van der Waals surface area contributed by atoms with E-state index in [0.29, 0.717) is 12.2 Å². The summed E-state index contributed by atoms with van der Waals surface area (Å²) in [5, 5.41) is 3.96. The van der Waals surface area contributed by atoms with Gasteiger partial charge in [0, 0.05) is 30.1 Å². The topological polar surface area (TPSA) is 57.4 Å². The van der Waals surface area contributed by atoms with Crippen molar-refractivity contribution in [3.05, 3.63) is 29.5 Å². The molecule has 0 atom stereocenters. The molecule has 2 N–H and O–H groups in total. The Hall–Kier alpha value is -2.01. The van der Waals surface area contributed by atoms with Crippen molar-refractivity contribution in [3.63, 3.8) is 0 Å². The van der Waals surface area contributed by atoms with Crippen molar-refractivity contribution in [1.29, 1.82) is 0 Å². The van der Waals surface area contributed by atoms with Crippen LogP contribution in [0.25, 0.3) is 10.9 Å². The van der Waals surface area contributed by atoms with Gasteiger partial charge in [-0.2, -0.15) is 0 Å². The second-order valence-electron chi connectivity index (χ2n) is 5.10. The molecule has 0 saturated carbocycles. The molecule has 1 aromatic heterocycles. The molecule has 5 nitrogen and oxygen atoms in total. The van der Waals surface area contributed by atoms with Gasteiger partial charge in [0.1, 0.15) is 11.4 Å². The molecule has 0 aliphatic carbocycles. The molecule has 0 radical (unpaired) electrons. The first-order valence-corrected chi connectivity index (χ1v) is 6.62. The largest absolute Gasteiger partial charge is 0.497 e. The number of carbonyl (C=O) groups excluding carboxylic acids is 1. The highest BCUT2D eigenvalue weighted by molar-refractivity contribution is 6.01. The van der Waals surface area contributed by atoms with Crippen molar-refractivity contribution in [2.45, 2.75) is 6.92 Å². The molecular weight excluding hydrogens is 254 g/mol. The first-order chi connectivity index (χ1) is 9.52. The van der Waals surface area contributed by atoms with E-state index < -0.39 is 0 Å². The Morgan fingerprint density at radius 2 is 2.15 bits per heavy atom. The number of hydrogen-bond acceptors (Lipinski definition) is 3. The van der Waals surface area contributed by atoms with Crippen molar-refractivity contribution in [2.24, 2.45) is 0 Å². The van der Waals surface area contributed by atoms with Crippen LogP contribution in [0.15, 0.2) is 18.2 Å². The Kier molecular flexibility index (Phi) is 4.29. The summed E-state index contributed by atoms with van der Waals surface area (Å²) >= 11 is 0. The fourth-order valence-corrected chi connectivity index (χ4v) is 2.15. The quantitative estimate of drug-likeness (QED) is 0.874. The number of carbonyl (C=O) groups is 1. The molecule has 0 bridgehead atoms. The molecule has 20 heavy (non-hydrogen) atoms. The Morgan fingerprint density at radius 3 is 2.80 bits per heavy atom. The molecule has 1 heterocycles. The van der Waals surface area contributed by atoms with Gasteiger partial charge in [0.2, 0.25) is 0 Å². The predicted octanol–water partition coefficient (Wildman–Crippen LogP) is 1.78. The molecule has 0 aliphatic rings. The number of nitrogens with zero attached hydrogens (tertiary/aromatic N) is 1. The minimum Gasteiger partial charge on any atom is -0.497 e. The third-order valence-electron chi connectivity index (χ3n) is 3.34. The van der Waals surface area contributed by atoms with E-state index in [-0.39, 0.29) is 5.91 Å². The molecule has 1 aromatic carbocycles. The van der Waals surface area contributed by atoms with Gasteiger partial charge in [0.05, 0.1) is 7.11 Å². The summed E-state index contributed by atoms with van der Waals surface area (Å²) in [5.74, 6) is 0.706. The fraction of sp³-hybridized carbons (Fsp3) is 0.400. The number of aryl methyl sites for hydroxylation is 1. The average molecular weight is 275 g/mol. The van der Waals surface area contributed by atoms with Gasteiger partial charge < -0.3 is 19.9 Å². The van der Waals surface area contributed by atoms with Crippen LogP contribution in [-0.2, 0) is 0 Å². The Bertz CT molecular complexity index is 617. The Balaban J connectivity index is 2.21. The van der Waals surface area contributed by atoms with Crippen molar-refractivity contribution in [2.75, 3.05) is 34.3 Å². The number of likely N-dealkylation sites (N-methyl/N-ethyl adjacent to an activating group) is 1. The van der Waals surface area contributed by atoms with E-state index in [4.69, 9.17) is 4.74 Å². The van der Waals surface area contributed by atoms with Gasteiger partial charge >= 0.3 is 0 Å². The lowest BCUT2D eigenvalue weighted by Crippen LogP contribution is -2.31. The normalized spacial score (nSPS) is 11.1. The van der Waals surface area contributed by atoms with Crippen LogP contribution in [0, 0.1) is 6.92 Å². The number of amides is 1. The molecule has 2 rings (SSSR count). The van der Waals surface area contributed by atoms with E-state index in [2.05, 4.69) is 10.3 Å². The van der Waals surface area contributed by atoms with Gasteiger partial charge in [-0.25, -0.2) is 0 Å². The van der Waals surface area contributed by atoms with Crippen LogP contribution in [-0.4, -0.2) is 50.1 Å². The third kappa shape index (κ3) is 2.93. The zero-order chi connectivity index (χ0) is 14.7. The maximum absolute atomic E-state index is 12.2. The van der Waals surface area contributed by atoms with Gasteiger partial charge in [-0.05, 0) is 38.7 Å². The maximum Gasteiger partial charge on any atom is 0.268 e. The summed E-state index contributed by atoms with van der Waals surface area (Å²) in [6, 6.07) is 5.77. The maximum atomic E-state index is 12.2. The van der Waals surface area contributed by atoms with Crippen LogP contribution in [0.1, 0.15) is 16.1 Å². The van der Waals surface area contributed by atoms with Crippen molar-refractivity contribution in [3.8, 4) is 5.75 Å². The minimum atomic E-state index is -0.0699. The lowest BCUT2D eigenvalue weighted by atomic mass is 10.1. The Morgan fingerprint density at radius 1 is 1.40 bits per heavy atom. The second-order valence-corrected chi connectivity index (χ2v) is 5.10. The molecule has 1 amide bonds. The van der Waals surface area contributed by atoms with Crippen molar-refractivity contribution in [1.82, 2.24) is 15.2 Å². The molecule has 0 saturated heterocycles. The highest BCUT2D eigenvalue weighted by atomic mass is 16.5. The number of aromatic nitrogens is 1. The summed E-state index contributed by atoms with van der Waals surface area (Å²) < 4.78 is 5.20. The number of benzene rings is 1. The number of rotatable bonds is 5. The van der Waals surface area contributed by atoms with Crippen molar-refractivity contribution < 1.29 is 9.53 Å². The van der Waals surface area contributed by atoms with Crippen LogP contribution in [0.3, 0.4) is 0 Å². The smallest absolute Gasteiger partial charge is 0.268 e. The summed E-state index contributed by atoms with van der Waals surface area (Å²) in [6.07, 6.45) is 0. The predicted molar refractivity (Wildman–Crippen MR) is 80.5 cm³/mol. The SMILES string of the molecule is COc1ccc2c(C)c(C(=O)NCCN(C)C)[nH]c2c1. The molecule has 2 aromatic rings. The lowest BCUT2D eigenvalue weighted by molar-refractivity contribution is 0.0946. The number of hydrogen-bond donors (Lipinski definition) is 2. The fourth-order valence-electron chi connectivity index (χ4n) is 2.15. The van der Waals surface area contributed by atoms with E-state index in [0.717, 1.165) is 28.8 Å². The average Bonchev–Trinajstić information content (AvgIpc) is 2.75. The van der Waals surface area contributed by atoms with Gasteiger partial charge in [0.15, 0.2) is 0 Å². The molecule has 0 aliphatic heterocycles. The molecule has 5 heteroatoms. The number of fused-ring (bicyclic) bond motifs is 1. The lowest BCUT2D eigenvalue weighted by Gasteiger charge is -2.10. The van der Waals surface area contributed by atoms with Crippen molar-refractivity contribution >= 4 is 16.8 Å². The van der Waals surface area contributed by atoms with Crippen LogP contribution >= 0.6 is 0 Å². The van der Waals surface area contributed by atoms with Gasteiger partial charge in [0.25, 0.3) is 5.91 Å². The third-order valence-corrected chi connectivity index (χ3v) is 3.34. The molecule has 0 unspecified atom stereocenters. The van der Waals surface area contributed by atoms with E-state index in [1.54, 1.807) is 7.11 Å². The number of nitrogens with one attached hydrogen (secondary N) is 2. The molecular formula is C15H21N3O2. The van der Waals surface area contributed by atoms with Gasteiger partial charge in [-0.3, -0.25) is 4.79 Å². The van der Waals surface area contributed by atoms with Crippen LogP contribution in [0.4, 0.5) is 0 Å². The first-order valence-electron chi connectivity index (χ1n) is 6.62. The number of H-pyrrole nitrogens is 1. The number of aromatic amines is 1. The summed E-state index contributed by atoms with van der Waals surface area (Å²) in [5.41, 5.74) is 2.50. The van der Waals surface area contributed by atoms with E-state index >= 15 is 0 Å². The van der Waals surface area contributed by atoms with E-state index in [1.165, 1.54) is 0 Å². The zero-order valence-corrected chi connectivity index (χ0v) is 12.4. The monoisotopic (exact) mass is 275 g/mol. The highest BCUT2D eigenvalue weighted by Crippen LogP contribution is 2.25.